The monoisotopic (exact) mass is 523 g/mol. The molecule has 0 aliphatic carbocycles. The van der Waals surface area contributed by atoms with E-state index in [-0.39, 0.29) is 17.3 Å². The number of hydrogen-bond donors (Lipinski definition) is 1. The van der Waals surface area contributed by atoms with Gasteiger partial charge in [0.1, 0.15) is 18.3 Å². The quantitative estimate of drug-likeness (QED) is 0.413. The Morgan fingerprint density at radius 1 is 0.946 bits per heavy atom. The number of nitrogens with one attached hydrogen (secondary N) is 1. The first-order chi connectivity index (χ1) is 17.7. The van der Waals surface area contributed by atoms with Gasteiger partial charge in [0.05, 0.1) is 17.2 Å². The second-order valence-electron chi connectivity index (χ2n) is 8.55. The lowest BCUT2D eigenvalue weighted by molar-refractivity contribution is -0.139. The fourth-order valence-electron chi connectivity index (χ4n) is 3.81. The molecule has 0 aromatic heterocycles. The van der Waals surface area contributed by atoms with Crippen molar-refractivity contribution in [3.8, 4) is 5.75 Å². The smallest absolute Gasteiger partial charge is 0.264 e. The molecule has 0 bridgehead atoms. The lowest BCUT2D eigenvalue weighted by atomic mass is 10.1. The van der Waals surface area contributed by atoms with E-state index >= 15 is 0 Å². The van der Waals surface area contributed by atoms with Crippen molar-refractivity contribution in [1.82, 2.24) is 10.2 Å². The molecule has 1 N–H and O–H groups in total. The average molecular weight is 524 g/mol. The first-order valence-electron chi connectivity index (χ1n) is 12.0. The third-order valence-corrected chi connectivity index (χ3v) is 7.72. The third kappa shape index (κ3) is 6.89. The van der Waals surface area contributed by atoms with Crippen LogP contribution in [-0.2, 0) is 26.2 Å². The Morgan fingerprint density at radius 3 is 2.14 bits per heavy atom. The molecule has 0 saturated heterocycles. The van der Waals surface area contributed by atoms with Gasteiger partial charge in [-0.25, -0.2) is 8.42 Å². The molecule has 196 valence electrons. The summed E-state index contributed by atoms with van der Waals surface area (Å²) in [4.78, 5) is 27.7. The number of anilines is 1. The second-order valence-corrected chi connectivity index (χ2v) is 10.4. The average Bonchev–Trinajstić information content (AvgIpc) is 2.91. The van der Waals surface area contributed by atoms with E-state index in [2.05, 4.69) is 5.32 Å². The van der Waals surface area contributed by atoms with Gasteiger partial charge < -0.3 is 15.0 Å². The molecule has 0 saturated carbocycles. The standard InChI is InChI=1S/C28H33N3O5S/c1-5-36-25-15-13-24(14-16-25)31(37(34,35)26-17-11-21(2)12-18-26)20-27(32)30(22(3)28(33)29-4)19-23-9-7-6-8-10-23/h6-18,22H,5,19-20H2,1-4H3,(H,29,33). The molecule has 0 radical (unpaired) electrons. The number of aryl methyl sites for hydroxylation is 1. The molecule has 1 atom stereocenters. The van der Waals surface area contributed by atoms with Gasteiger partial charge in [0.15, 0.2) is 0 Å². The van der Waals surface area contributed by atoms with Crippen molar-refractivity contribution in [2.45, 2.75) is 38.3 Å². The van der Waals surface area contributed by atoms with Crippen molar-refractivity contribution in [2.24, 2.45) is 0 Å². The van der Waals surface area contributed by atoms with Crippen LogP contribution in [0.5, 0.6) is 5.75 Å². The molecule has 8 nitrogen and oxygen atoms in total. The topological polar surface area (TPSA) is 96.0 Å². The number of carbonyl (C=O) groups excluding carboxylic acids is 2. The highest BCUT2D eigenvalue weighted by atomic mass is 32.2. The zero-order valence-electron chi connectivity index (χ0n) is 21.5. The number of benzene rings is 3. The van der Waals surface area contributed by atoms with E-state index in [9.17, 15) is 18.0 Å². The van der Waals surface area contributed by atoms with Crippen LogP contribution in [0.1, 0.15) is 25.0 Å². The zero-order chi connectivity index (χ0) is 27.0. The van der Waals surface area contributed by atoms with Gasteiger partial charge >= 0.3 is 0 Å². The molecule has 2 amide bonds. The Bertz CT molecular complexity index is 1290. The van der Waals surface area contributed by atoms with Crippen molar-refractivity contribution in [3.05, 3.63) is 90.0 Å². The van der Waals surface area contributed by atoms with Crippen LogP contribution in [0.3, 0.4) is 0 Å². The van der Waals surface area contributed by atoms with Crippen molar-refractivity contribution < 1.29 is 22.7 Å². The van der Waals surface area contributed by atoms with Crippen LogP contribution >= 0.6 is 0 Å². The molecule has 0 heterocycles. The lowest BCUT2D eigenvalue weighted by Crippen LogP contribution is -2.50. The maximum absolute atomic E-state index is 13.8. The van der Waals surface area contributed by atoms with E-state index in [1.54, 1.807) is 43.3 Å². The molecule has 0 aliphatic heterocycles. The van der Waals surface area contributed by atoms with Crippen molar-refractivity contribution in [2.75, 3.05) is 24.5 Å². The highest BCUT2D eigenvalue weighted by Gasteiger charge is 2.32. The number of sulfonamides is 1. The molecule has 1 unspecified atom stereocenters. The molecule has 0 fully saturated rings. The summed E-state index contributed by atoms with van der Waals surface area (Å²) in [7, 11) is -2.61. The Morgan fingerprint density at radius 2 is 1.57 bits per heavy atom. The van der Waals surface area contributed by atoms with Crippen LogP contribution < -0.4 is 14.4 Å². The number of hydrogen-bond acceptors (Lipinski definition) is 5. The van der Waals surface area contributed by atoms with Gasteiger partial charge in [-0.15, -0.1) is 0 Å². The first-order valence-corrected chi connectivity index (χ1v) is 13.5. The van der Waals surface area contributed by atoms with Crippen LogP contribution in [0.25, 0.3) is 0 Å². The summed E-state index contributed by atoms with van der Waals surface area (Å²) in [5.74, 6) is -0.271. The number of carbonyl (C=O) groups is 2. The molecular weight excluding hydrogens is 490 g/mol. The Labute approximate surface area is 218 Å². The largest absolute Gasteiger partial charge is 0.494 e. The summed E-state index contributed by atoms with van der Waals surface area (Å²) in [6, 6.07) is 21.4. The number of ether oxygens (including phenoxy) is 1. The summed E-state index contributed by atoms with van der Waals surface area (Å²) in [5, 5.41) is 2.57. The summed E-state index contributed by atoms with van der Waals surface area (Å²) >= 11 is 0. The van der Waals surface area contributed by atoms with E-state index in [0.29, 0.717) is 18.0 Å². The Kier molecular flexibility index (Phi) is 9.30. The third-order valence-electron chi connectivity index (χ3n) is 5.93. The Hall–Kier alpha value is -3.85. The molecular formula is C28H33N3O5S. The highest BCUT2D eigenvalue weighted by molar-refractivity contribution is 7.92. The van der Waals surface area contributed by atoms with E-state index in [1.165, 1.54) is 24.1 Å². The minimum absolute atomic E-state index is 0.0637. The summed E-state index contributed by atoms with van der Waals surface area (Å²) in [5.41, 5.74) is 2.04. The van der Waals surface area contributed by atoms with Crippen LogP contribution in [-0.4, -0.2) is 51.4 Å². The molecule has 3 rings (SSSR count). The van der Waals surface area contributed by atoms with Gasteiger partial charge in [-0.3, -0.25) is 13.9 Å². The van der Waals surface area contributed by atoms with Gasteiger partial charge in [0.25, 0.3) is 10.0 Å². The predicted octanol–water partition coefficient (Wildman–Crippen LogP) is 3.75. The fraction of sp³-hybridized carbons (Fsp3) is 0.286. The number of rotatable bonds is 11. The van der Waals surface area contributed by atoms with E-state index in [0.717, 1.165) is 15.4 Å². The number of likely N-dealkylation sites (N-methyl/N-ethyl adjacent to an activating group) is 1. The number of amides is 2. The summed E-state index contributed by atoms with van der Waals surface area (Å²) in [6.45, 7) is 5.47. The predicted molar refractivity (Wildman–Crippen MR) is 144 cm³/mol. The summed E-state index contributed by atoms with van der Waals surface area (Å²) < 4.78 is 34.1. The van der Waals surface area contributed by atoms with Gasteiger partial charge in [-0.05, 0) is 62.7 Å². The van der Waals surface area contributed by atoms with E-state index in [4.69, 9.17) is 4.74 Å². The Balaban J connectivity index is 2.02. The second kappa shape index (κ2) is 12.4. The van der Waals surface area contributed by atoms with E-state index < -0.39 is 28.5 Å². The maximum atomic E-state index is 13.8. The lowest BCUT2D eigenvalue weighted by Gasteiger charge is -2.31. The van der Waals surface area contributed by atoms with Crippen LogP contribution in [0.15, 0.2) is 83.8 Å². The highest BCUT2D eigenvalue weighted by Crippen LogP contribution is 2.27. The molecule has 37 heavy (non-hydrogen) atoms. The van der Waals surface area contributed by atoms with Crippen molar-refractivity contribution in [3.63, 3.8) is 0 Å². The van der Waals surface area contributed by atoms with Crippen LogP contribution in [0.2, 0.25) is 0 Å². The van der Waals surface area contributed by atoms with Gasteiger partial charge in [-0.2, -0.15) is 0 Å². The zero-order valence-corrected chi connectivity index (χ0v) is 22.4. The van der Waals surface area contributed by atoms with Gasteiger partial charge in [0, 0.05) is 13.6 Å². The minimum atomic E-state index is -4.10. The first kappa shape index (κ1) is 27.7. The molecule has 0 aliphatic rings. The van der Waals surface area contributed by atoms with Crippen LogP contribution in [0, 0.1) is 6.92 Å². The number of nitrogens with zero attached hydrogens (tertiary/aromatic N) is 2. The fourth-order valence-corrected chi connectivity index (χ4v) is 5.23. The molecule has 9 heteroatoms. The molecule has 0 spiro atoms. The van der Waals surface area contributed by atoms with Crippen molar-refractivity contribution in [1.29, 1.82) is 0 Å². The van der Waals surface area contributed by atoms with Gasteiger partial charge in [-0.1, -0.05) is 48.0 Å². The summed E-state index contributed by atoms with van der Waals surface area (Å²) in [6.07, 6.45) is 0. The van der Waals surface area contributed by atoms with E-state index in [1.807, 2.05) is 44.2 Å². The molecule has 3 aromatic rings. The minimum Gasteiger partial charge on any atom is -0.494 e. The SMILES string of the molecule is CCOc1ccc(N(CC(=O)N(Cc2ccccc2)C(C)C(=O)NC)S(=O)(=O)c2ccc(C)cc2)cc1. The molecule has 3 aromatic carbocycles. The van der Waals surface area contributed by atoms with Crippen molar-refractivity contribution >= 4 is 27.5 Å². The maximum Gasteiger partial charge on any atom is 0.264 e. The normalized spacial score (nSPS) is 11.9. The van der Waals surface area contributed by atoms with Gasteiger partial charge in [0.2, 0.25) is 11.8 Å². The van der Waals surface area contributed by atoms with Crippen LogP contribution in [0.4, 0.5) is 5.69 Å².